The highest BCUT2D eigenvalue weighted by Crippen LogP contribution is 2.23. The Hall–Kier alpha value is -0.610. The molecule has 0 aromatic rings. The van der Waals surface area contributed by atoms with E-state index in [-0.39, 0.29) is 18.0 Å². The zero-order chi connectivity index (χ0) is 14.4. The third-order valence-electron chi connectivity index (χ3n) is 4.67. The molecule has 1 aliphatic rings. The Kier molecular flexibility index (Phi) is 6.80. The van der Waals surface area contributed by atoms with Crippen LogP contribution in [0.25, 0.3) is 0 Å². The van der Waals surface area contributed by atoms with E-state index in [1.54, 1.807) is 0 Å². The molecule has 1 aliphatic carbocycles. The van der Waals surface area contributed by atoms with Crippen molar-refractivity contribution in [3.05, 3.63) is 0 Å². The van der Waals surface area contributed by atoms with Crippen molar-refractivity contribution >= 4 is 5.91 Å². The van der Waals surface area contributed by atoms with Crippen molar-refractivity contribution in [2.45, 2.75) is 77.0 Å². The summed E-state index contributed by atoms with van der Waals surface area (Å²) in [5.74, 6) is 0.160. The van der Waals surface area contributed by atoms with Crippen LogP contribution in [0, 0.1) is 0 Å². The quantitative estimate of drug-likeness (QED) is 0.772. The summed E-state index contributed by atoms with van der Waals surface area (Å²) < 4.78 is 0. The normalized spacial score (nSPS) is 27.1. The lowest BCUT2D eigenvalue weighted by Crippen LogP contribution is -2.51. The largest absolute Gasteiger partial charge is 0.352 e. The molecular formula is C15H31N3O. The molecule has 1 saturated carbocycles. The Balaban J connectivity index is 2.43. The van der Waals surface area contributed by atoms with Crippen LogP contribution in [-0.4, -0.2) is 49.1 Å². The lowest BCUT2D eigenvalue weighted by Gasteiger charge is -2.37. The van der Waals surface area contributed by atoms with E-state index in [0.29, 0.717) is 12.1 Å². The SMILES string of the molecule is CCC(C)NC(=O)C(C)N(C)C1CCC(NC)CC1. The van der Waals surface area contributed by atoms with E-state index in [1.807, 2.05) is 14.0 Å². The highest BCUT2D eigenvalue weighted by Gasteiger charge is 2.28. The molecule has 2 atom stereocenters. The molecule has 1 fully saturated rings. The van der Waals surface area contributed by atoms with Crippen molar-refractivity contribution in [1.29, 1.82) is 0 Å². The van der Waals surface area contributed by atoms with Crippen LogP contribution >= 0.6 is 0 Å². The summed E-state index contributed by atoms with van der Waals surface area (Å²) in [5.41, 5.74) is 0. The Morgan fingerprint density at radius 3 is 2.32 bits per heavy atom. The maximum absolute atomic E-state index is 12.2. The fraction of sp³-hybridized carbons (Fsp3) is 0.933. The Morgan fingerprint density at radius 1 is 1.26 bits per heavy atom. The molecule has 0 spiro atoms. The topological polar surface area (TPSA) is 44.4 Å². The van der Waals surface area contributed by atoms with Crippen LogP contribution in [0.5, 0.6) is 0 Å². The van der Waals surface area contributed by atoms with E-state index in [1.165, 1.54) is 25.7 Å². The molecule has 4 heteroatoms. The van der Waals surface area contributed by atoms with Gasteiger partial charge in [0.05, 0.1) is 6.04 Å². The molecule has 0 aromatic carbocycles. The van der Waals surface area contributed by atoms with Crippen LogP contribution < -0.4 is 10.6 Å². The molecule has 112 valence electrons. The van der Waals surface area contributed by atoms with Crippen molar-refractivity contribution in [3.63, 3.8) is 0 Å². The molecule has 4 nitrogen and oxygen atoms in total. The van der Waals surface area contributed by atoms with E-state index >= 15 is 0 Å². The van der Waals surface area contributed by atoms with Gasteiger partial charge in [-0.15, -0.1) is 0 Å². The van der Waals surface area contributed by atoms with Crippen LogP contribution in [0.1, 0.15) is 52.9 Å². The molecule has 19 heavy (non-hydrogen) atoms. The smallest absolute Gasteiger partial charge is 0.237 e. The lowest BCUT2D eigenvalue weighted by atomic mass is 9.90. The van der Waals surface area contributed by atoms with Gasteiger partial charge in [0.25, 0.3) is 0 Å². The molecule has 0 saturated heterocycles. The van der Waals surface area contributed by atoms with Gasteiger partial charge in [0.15, 0.2) is 0 Å². The average molecular weight is 269 g/mol. The molecule has 1 rings (SSSR count). The zero-order valence-electron chi connectivity index (χ0n) is 13.2. The predicted molar refractivity (Wildman–Crippen MR) is 80.2 cm³/mol. The second-order valence-electron chi connectivity index (χ2n) is 5.95. The lowest BCUT2D eigenvalue weighted by molar-refractivity contribution is -0.127. The predicted octanol–water partition coefficient (Wildman–Crippen LogP) is 1.75. The monoisotopic (exact) mass is 269 g/mol. The van der Waals surface area contributed by atoms with Crippen molar-refractivity contribution in [2.75, 3.05) is 14.1 Å². The number of hydrogen-bond acceptors (Lipinski definition) is 3. The average Bonchev–Trinajstić information content (AvgIpc) is 2.45. The highest BCUT2D eigenvalue weighted by atomic mass is 16.2. The summed E-state index contributed by atoms with van der Waals surface area (Å²) >= 11 is 0. The number of hydrogen-bond donors (Lipinski definition) is 2. The van der Waals surface area contributed by atoms with E-state index in [4.69, 9.17) is 0 Å². The van der Waals surface area contributed by atoms with Crippen molar-refractivity contribution in [2.24, 2.45) is 0 Å². The van der Waals surface area contributed by atoms with Crippen molar-refractivity contribution < 1.29 is 4.79 Å². The first kappa shape index (κ1) is 16.4. The maximum Gasteiger partial charge on any atom is 0.237 e. The Labute approximate surface area is 118 Å². The third-order valence-corrected chi connectivity index (χ3v) is 4.67. The van der Waals surface area contributed by atoms with Crippen LogP contribution in [-0.2, 0) is 4.79 Å². The number of amides is 1. The van der Waals surface area contributed by atoms with E-state index in [0.717, 1.165) is 6.42 Å². The van der Waals surface area contributed by atoms with Gasteiger partial charge in [0.1, 0.15) is 0 Å². The fourth-order valence-electron chi connectivity index (χ4n) is 2.74. The van der Waals surface area contributed by atoms with Crippen molar-refractivity contribution in [1.82, 2.24) is 15.5 Å². The molecule has 0 radical (unpaired) electrons. The van der Waals surface area contributed by atoms with Gasteiger partial charge < -0.3 is 10.6 Å². The van der Waals surface area contributed by atoms with Gasteiger partial charge >= 0.3 is 0 Å². The first-order valence-corrected chi connectivity index (χ1v) is 7.69. The Bertz CT molecular complexity index is 275. The third kappa shape index (κ3) is 4.77. The van der Waals surface area contributed by atoms with Crippen LogP contribution in [0.3, 0.4) is 0 Å². The van der Waals surface area contributed by atoms with Gasteiger partial charge in [-0.05, 0) is 60.0 Å². The van der Waals surface area contributed by atoms with Crippen molar-refractivity contribution in [3.8, 4) is 0 Å². The molecule has 0 heterocycles. The minimum atomic E-state index is -0.0369. The molecular weight excluding hydrogens is 238 g/mol. The number of nitrogens with one attached hydrogen (secondary N) is 2. The van der Waals surface area contributed by atoms with Crippen LogP contribution in [0.15, 0.2) is 0 Å². The first-order chi connectivity index (χ1) is 8.99. The van der Waals surface area contributed by atoms with E-state index < -0.39 is 0 Å². The number of carbonyl (C=O) groups is 1. The molecule has 0 bridgehead atoms. The second kappa shape index (κ2) is 7.85. The maximum atomic E-state index is 12.2. The minimum absolute atomic E-state index is 0.0369. The summed E-state index contributed by atoms with van der Waals surface area (Å²) in [4.78, 5) is 14.4. The van der Waals surface area contributed by atoms with Gasteiger partial charge in [-0.25, -0.2) is 0 Å². The van der Waals surface area contributed by atoms with Crippen LogP contribution in [0.4, 0.5) is 0 Å². The summed E-state index contributed by atoms with van der Waals surface area (Å²) in [6, 6.07) is 1.43. The second-order valence-corrected chi connectivity index (χ2v) is 5.95. The van der Waals surface area contributed by atoms with E-state index in [2.05, 4.69) is 36.4 Å². The fourth-order valence-corrected chi connectivity index (χ4v) is 2.74. The summed E-state index contributed by atoms with van der Waals surface area (Å²) in [7, 11) is 4.13. The standard InChI is InChI=1S/C15H31N3O/c1-6-11(2)17-15(19)12(3)18(5)14-9-7-13(16-4)8-10-14/h11-14,16H,6-10H2,1-5H3,(H,17,19). The van der Waals surface area contributed by atoms with Gasteiger partial charge in [-0.2, -0.15) is 0 Å². The molecule has 2 N–H and O–H groups in total. The van der Waals surface area contributed by atoms with E-state index in [9.17, 15) is 4.79 Å². The summed E-state index contributed by atoms with van der Waals surface area (Å²) in [6.07, 6.45) is 5.78. The molecule has 2 unspecified atom stereocenters. The zero-order valence-corrected chi connectivity index (χ0v) is 13.2. The number of carbonyl (C=O) groups excluding carboxylic acids is 1. The number of likely N-dealkylation sites (N-methyl/N-ethyl adjacent to an activating group) is 1. The number of nitrogens with zero attached hydrogens (tertiary/aromatic N) is 1. The number of rotatable bonds is 6. The van der Waals surface area contributed by atoms with Crippen LogP contribution in [0.2, 0.25) is 0 Å². The Morgan fingerprint density at radius 2 is 1.84 bits per heavy atom. The minimum Gasteiger partial charge on any atom is -0.352 e. The molecule has 1 amide bonds. The molecule has 0 aromatic heterocycles. The molecule has 0 aliphatic heterocycles. The van der Waals surface area contributed by atoms with Gasteiger partial charge in [-0.1, -0.05) is 6.92 Å². The summed E-state index contributed by atoms with van der Waals surface area (Å²) in [6.45, 7) is 6.17. The van der Waals surface area contributed by atoms with Gasteiger partial charge in [0, 0.05) is 18.1 Å². The van der Waals surface area contributed by atoms with Gasteiger partial charge in [0.2, 0.25) is 5.91 Å². The summed E-state index contributed by atoms with van der Waals surface area (Å²) in [5, 5.41) is 6.43. The first-order valence-electron chi connectivity index (χ1n) is 7.69. The highest BCUT2D eigenvalue weighted by molar-refractivity contribution is 5.81. The van der Waals surface area contributed by atoms with Gasteiger partial charge in [-0.3, -0.25) is 9.69 Å².